The number of carbonyl (C=O) groups is 1. The molecule has 2 unspecified atom stereocenters. The smallest absolute Gasteiger partial charge is 0.323 e. The second-order valence-electron chi connectivity index (χ2n) is 16.9. The third kappa shape index (κ3) is 30.8. The summed E-state index contributed by atoms with van der Waals surface area (Å²) < 4.78 is 5.05. The Morgan fingerprint density at radius 3 is 0.946 bits per heavy atom. The predicted octanol–water partition coefficient (Wildman–Crippen LogP) is 16.9. The maximum atomic E-state index is 12.0. The van der Waals surface area contributed by atoms with Crippen LogP contribution in [0.1, 0.15) is 199 Å². The van der Waals surface area contributed by atoms with Crippen molar-refractivity contribution >= 4 is 5.97 Å². The van der Waals surface area contributed by atoms with Crippen molar-refractivity contribution in [3.05, 3.63) is 105 Å². The van der Waals surface area contributed by atoms with Crippen LogP contribution in [-0.2, 0) is 9.53 Å². The molecule has 0 spiro atoms. The number of nitriles is 1. The van der Waals surface area contributed by atoms with Gasteiger partial charge in [0.25, 0.3) is 0 Å². The summed E-state index contributed by atoms with van der Waals surface area (Å²) in [5, 5.41) is 9.36. The Labute approximate surface area is 347 Å². The van der Waals surface area contributed by atoms with Crippen LogP contribution in [-0.4, -0.2) is 12.6 Å². The van der Waals surface area contributed by atoms with E-state index in [2.05, 4.69) is 130 Å². The number of nitrogens with zero attached hydrogens (tertiary/aromatic N) is 1. The van der Waals surface area contributed by atoms with Gasteiger partial charge in [0, 0.05) is 0 Å². The maximum Gasteiger partial charge on any atom is 0.323 e. The molecule has 0 fully saturated rings. The molecule has 0 aliphatic heterocycles. The second kappa shape index (κ2) is 33.7. The summed E-state index contributed by atoms with van der Waals surface area (Å²) in [6.45, 7) is 26.6. The molecule has 56 heavy (non-hydrogen) atoms. The molecule has 0 bridgehead atoms. The first-order valence-corrected chi connectivity index (χ1v) is 22.1. The zero-order valence-electron chi connectivity index (χ0n) is 38.5. The Hall–Kier alpha value is -3.38. The van der Waals surface area contributed by atoms with Crippen molar-refractivity contribution in [1.29, 1.82) is 5.26 Å². The van der Waals surface area contributed by atoms with Crippen LogP contribution in [0.4, 0.5) is 0 Å². The summed E-state index contributed by atoms with van der Waals surface area (Å²) >= 11 is 0. The van der Waals surface area contributed by atoms with Crippen LogP contribution in [0, 0.1) is 23.2 Å². The number of hydrogen-bond donors (Lipinski definition) is 0. The Balaban J connectivity index is 4.31. The van der Waals surface area contributed by atoms with Crippen molar-refractivity contribution in [2.75, 3.05) is 6.61 Å². The average Bonchev–Trinajstić information content (AvgIpc) is 3.12. The van der Waals surface area contributed by atoms with E-state index in [1.165, 1.54) is 69.4 Å². The summed E-state index contributed by atoms with van der Waals surface area (Å²) in [6.07, 6.45) is 41.5. The standard InChI is InChI=1S/C53H85NO2/c1-13-56-53(55)52(41-54)51(12)40-22-39-50(11)38-21-37-49(10)36-20-35-48(9)34-19-33-47(8)32-18-31-46(7)30-17-29-45(6)28-16-27-44(5)26-15-25-43(4)24-14-23-42(2)3/h23,25,27,29,31,33,35,37,39,51-52H,13-22,24,26,28,30,32,34,36,38,40H2,1-12H3/b43-25+,44-27+,45-29+,46-31+,47-33+,48-35+,49-37+,50-39+. The van der Waals surface area contributed by atoms with E-state index in [-0.39, 0.29) is 5.92 Å². The third-order valence-corrected chi connectivity index (χ3v) is 10.7. The monoisotopic (exact) mass is 768 g/mol. The van der Waals surface area contributed by atoms with Gasteiger partial charge in [0.05, 0.1) is 12.7 Å². The van der Waals surface area contributed by atoms with Crippen molar-refractivity contribution in [3.8, 4) is 6.07 Å². The van der Waals surface area contributed by atoms with Crippen LogP contribution < -0.4 is 0 Å². The quantitative estimate of drug-likeness (QED) is 0.0540. The molecule has 2 atom stereocenters. The van der Waals surface area contributed by atoms with Crippen molar-refractivity contribution in [3.63, 3.8) is 0 Å². The second-order valence-corrected chi connectivity index (χ2v) is 16.9. The predicted molar refractivity (Wildman–Crippen MR) is 247 cm³/mol. The number of hydrogen-bond acceptors (Lipinski definition) is 3. The Bertz CT molecular complexity index is 1440. The highest BCUT2D eigenvalue weighted by Gasteiger charge is 2.25. The van der Waals surface area contributed by atoms with Gasteiger partial charge in [0.15, 0.2) is 0 Å². The number of esters is 1. The zero-order chi connectivity index (χ0) is 42.1. The molecule has 0 amide bonds. The Morgan fingerprint density at radius 2 is 0.714 bits per heavy atom. The highest BCUT2D eigenvalue weighted by atomic mass is 16.5. The first kappa shape index (κ1) is 52.6. The minimum absolute atomic E-state index is 0.00425. The highest BCUT2D eigenvalue weighted by Crippen LogP contribution is 2.21. The fourth-order valence-corrected chi connectivity index (χ4v) is 6.63. The van der Waals surface area contributed by atoms with E-state index >= 15 is 0 Å². The molecule has 3 heteroatoms. The first-order chi connectivity index (χ1) is 26.7. The van der Waals surface area contributed by atoms with E-state index in [1.54, 1.807) is 6.92 Å². The third-order valence-electron chi connectivity index (χ3n) is 10.7. The van der Waals surface area contributed by atoms with Crippen LogP contribution in [0.2, 0.25) is 0 Å². The number of ether oxygens (including phenoxy) is 1. The van der Waals surface area contributed by atoms with Crippen molar-refractivity contribution in [2.45, 2.75) is 199 Å². The summed E-state index contributed by atoms with van der Waals surface area (Å²) in [7, 11) is 0. The molecule has 0 aromatic carbocycles. The average molecular weight is 768 g/mol. The molecule has 0 rings (SSSR count). The molecule has 0 N–H and O–H groups in total. The lowest BCUT2D eigenvalue weighted by Gasteiger charge is -2.15. The molecule has 0 aliphatic rings. The normalized spacial score (nSPS) is 15.1. The van der Waals surface area contributed by atoms with Gasteiger partial charge in [0.2, 0.25) is 0 Å². The zero-order valence-corrected chi connectivity index (χ0v) is 38.5. The van der Waals surface area contributed by atoms with Gasteiger partial charge in [-0.3, -0.25) is 4.79 Å². The SMILES string of the molecule is CCOC(=O)C(C#N)C(C)CC/C=C(\C)CC/C=C(\C)CC/C=C(\C)CC/C=C(\C)CC/C=C(\C)CC/C=C(\C)CC/C=C(\C)CC/C=C(\C)CCC=C(C)C. The van der Waals surface area contributed by atoms with Gasteiger partial charge in [-0.2, -0.15) is 5.26 Å². The van der Waals surface area contributed by atoms with Crippen LogP contribution in [0.15, 0.2) is 105 Å². The number of carbonyl (C=O) groups excluding carboxylic acids is 1. The molecule has 0 heterocycles. The van der Waals surface area contributed by atoms with Gasteiger partial charge in [-0.25, -0.2) is 0 Å². The van der Waals surface area contributed by atoms with E-state index in [9.17, 15) is 10.1 Å². The molecule has 0 aromatic rings. The summed E-state index contributed by atoms with van der Waals surface area (Å²) in [6, 6.07) is 2.12. The molecule has 0 saturated heterocycles. The fraction of sp³-hybridized carbons (Fsp3) is 0.623. The van der Waals surface area contributed by atoms with Crippen LogP contribution in [0.25, 0.3) is 0 Å². The molecule has 314 valence electrons. The lowest BCUT2D eigenvalue weighted by Crippen LogP contribution is -2.22. The minimum atomic E-state index is -0.674. The molecule has 3 nitrogen and oxygen atoms in total. The van der Waals surface area contributed by atoms with Crippen LogP contribution >= 0.6 is 0 Å². The van der Waals surface area contributed by atoms with E-state index in [1.807, 2.05) is 6.92 Å². The van der Waals surface area contributed by atoms with Gasteiger partial charge in [-0.15, -0.1) is 0 Å². The van der Waals surface area contributed by atoms with Gasteiger partial charge < -0.3 is 4.74 Å². The lowest BCUT2D eigenvalue weighted by atomic mass is 9.90. The molecule has 0 saturated carbocycles. The number of rotatable bonds is 30. The van der Waals surface area contributed by atoms with Gasteiger partial charge in [-0.05, 0) is 198 Å². The molecule has 0 aliphatic carbocycles. The first-order valence-electron chi connectivity index (χ1n) is 22.1. The van der Waals surface area contributed by atoms with Gasteiger partial charge in [0.1, 0.15) is 5.92 Å². The molecular formula is C53H85NO2. The highest BCUT2D eigenvalue weighted by molar-refractivity contribution is 5.75. The molecular weight excluding hydrogens is 683 g/mol. The van der Waals surface area contributed by atoms with E-state index < -0.39 is 11.9 Å². The van der Waals surface area contributed by atoms with Crippen molar-refractivity contribution in [2.24, 2.45) is 11.8 Å². The molecule has 0 radical (unpaired) electrons. The summed E-state index contributed by atoms with van der Waals surface area (Å²) in [5.74, 6) is -1.07. The topological polar surface area (TPSA) is 50.1 Å². The summed E-state index contributed by atoms with van der Waals surface area (Å²) in [4.78, 5) is 12.0. The van der Waals surface area contributed by atoms with E-state index in [0.29, 0.717) is 6.61 Å². The van der Waals surface area contributed by atoms with Crippen LogP contribution in [0.5, 0.6) is 0 Å². The largest absolute Gasteiger partial charge is 0.465 e. The Kier molecular flexibility index (Phi) is 31.7. The number of allylic oxidation sites excluding steroid dienone is 18. The summed E-state index contributed by atoms with van der Waals surface area (Å²) in [5.41, 5.74) is 13.3. The van der Waals surface area contributed by atoms with E-state index in [4.69, 9.17) is 4.74 Å². The van der Waals surface area contributed by atoms with Gasteiger partial charge in [-0.1, -0.05) is 112 Å². The Morgan fingerprint density at radius 1 is 0.464 bits per heavy atom. The van der Waals surface area contributed by atoms with Crippen LogP contribution in [0.3, 0.4) is 0 Å². The van der Waals surface area contributed by atoms with E-state index in [0.717, 1.165) is 96.3 Å². The van der Waals surface area contributed by atoms with Crippen molar-refractivity contribution < 1.29 is 9.53 Å². The fourth-order valence-electron chi connectivity index (χ4n) is 6.63. The molecule has 0 aromatic heterocycles. The maximum absolute atomic E-state index is 12.0. The minimum Gasteiger partial charge on any atom is -0.465 e. The van der Waals surface area contributed by atoms with Crippen molar-refractivity contribution in [1.82, 2.24) is 0 Å². The lowest BCUT2D eigenvalue weighted by molar-refractivity contribution is -0.147. The van der Waals surface area contributed by atoms with Gasteiger partial charge >= 0.3 is 5.97 Å².